The maximum atomic E-state index is 2.50. The number of hydrogen-bond acceptors (Lipinski definition) is 0. The normalized spacial score (nSPS) is 18.1. The first-order valence-corrected chi connectivity index (χ1v) is 13.6. The molecule has 0 saturated heterocycles. The fourth-order valence-electron chi connectivity index (χ4n) is 5.66. The Morgan fingerprint density at radius 2 is 0.971 bits per heavy atom. The Bertz CT molecular complexity index is 1320. The molecule has 1 heteroatoms. The zero-order valence-corrected chi connectivity index (χ0v) is 21.5. The third-order valence-corrected chi connectivity index (χ3v) is 11.1. The van der Waals surface area contributed by atoms with Crippen LogP contribution in [0.25, 0.3) is 16.7 Å². The van der Waals surface area contributed by atoms with E-state index in [4.69, 9.17) is 0 Å². The molecular weight excluding hydrogens is 424 g/mol. The molecule has 34 heavy (non-hydrogen) atoms. The Hall–Kier alpha value is -3.42. The molecule has 4 aromatic carbocycles. The minimum Gasteiger partial charge on any atom is -0.0628 e. The highest BCUT2D eigenvalue weighted by atomic mass is 28.3. The maximum absolute atomic E-state index is 2.50. The number of benzene rings is 4. The van der Waals surface area contributed by atoms with Crippen LogP contribution in [0.15, 0.2) is 132 Å². The lowest BCUT2D eigenvalue weighted by molar-refractivity contribution is 0.902. The minimum atomic E-state index is -1.18. The minimum absolute atomic E-state index is 0.0587. The quantitative estimate of drug-likeness (QED) is 0.273. The van der Waals surface area contributed by atoms with Crippen LogP contribution in [0.2, 0.25) is 5.04 Å². The van der Waals surface area contributed by atoms with E-state index in [-0.39, 0.29) is 5.04 Å². The number of hydrogen-bond donors (Lipinski definition) is 0. The summed E-state index contributed by atoms with van der Waals surface area (Å²) < 4.78 is 0. The Morgan fingerprint density at radius 1 is 0.500 bits per heavy atom. The van der Waals surface area contributed by atoms with Crippen LogP contribution in [0.5, 0.6) is 0 Å². The monoisotopic (exact) mass is 455 g/mol. The smallest absolute Gasteiger partial charge is 0.0628 e. The molecular formula is C33H31Si. The van der Waals surface area contributed by atoms with Crippen molar-refractivity contribution >= 4 is 24.7 Å². The Morgan fingerprint density at radius 3 is 1.53 bits per heavy atom. The first-order chi connectivity index (χ1) is 16.5. The molecule has 4 aromatic rings. The third kappa shape index (κ3) is 3.71. The van der Waals surface area contributed by atoms with Crippen LogP contribution in [0.1, 0.15) is 33.3 Å². The predicted molar refractivity (Wildman–Crippen MR) is 149 cm³/mol. The first-order valence-electron chi connectivity index (χ1n) is 12.1. The van der Waals surface area contributed by atoms with Gasteiger partial charge in [-0.25, -0.2) is 0 Å². The van der Waals surface area contributed by atoms with Crippen molar-refractivity contribution < 1.29 is 0 Å². The van der Waals surface area contributed by atoms with Gasteiger partial charge in [0, 0.05) is 5.04 Å². The van der Waals surface area contributed by atoms with Gasteiger partial charge in [0.25, 0.3) is 0 Å². The van der Waals surface area contributed by atoms with E-state index >= 15 is 0 Å². The molecule has 1 aliphatic carbocycles. The second kappa shape index (κ2) is 9.08. The van der Waals surface area contributed by atoms with E-state index in [2.05, 4.69) is 143 Å². The van der Waals surface area contributed by atoms with Gasteiger partial charge in [0.05, 0.1) is 0 Å². The molecule has 0 amide bonds. The SMILES string of the molecule is CC1=C(C)C(C)([Si](c2ccccc2)c2ccccc2)C(c2cccc(-c3ccccc3)c2)=C1C. The lowest BCUT2D eigenvalue weighted by Gasteiger charge is -2.39. The number of rotatable bonds is 5. The summed E-state index contributed by atoms with van der Waals surface area (Å²) in [5, 5.41) is 2.86. The summed E-state index contributed by atoms with van der Waals surface area (Å²) >= 11 is 0. The summed E-state index contributed by atoms with van der Waals surface area (Å²) in [4.78, 5) is 0. The molecule has 1 atom stereocenters. The molecule has 167 valence electrons. The highest BCUT2D eigenvalue weighted by Crippen LogP contribution is 2.58. The highest BCUT2D eigenvalue weighted by molar-refractivity contribution is 6.89. The van der Waals surface area contributed by atoms with Crippen LogP contribution >= 0.6 is 0 Å². The van der Waals surface area contributed by atoms with Gasteiger partial charge in [0.15, 0.2) is 0 Å². The molecule has 0 saturated carbocycles. The molecule has 0 spiro atoms. The van der Waals surface area contributed by atoms with Crippen molar-refractivity contribution in [3.05, 3.63) is 138 Å². The molecule has 0 fully saturated rings. The van der Waals surface area contributed by atoms with Gasteiger partial charge in [-0.1, -0.05) is 132 Å². The zero-order chi connectivity index (χ0) is 23.7. The number of allylic oxidation sites excluding steroid dienone is 4. The Balaban J connectivity index is 1.74. The van der Waals surface area contributed by atoms with Crippen molar-refractivity contribution in [3.63, 3.8) is 0 Å². The molecule has 1 aliphatic rings. The third-order valence-electron chi connectivity index (χ3n) is 7.63. The average Bonchev–Trinajstić information content (AvgIpc) is 3.06. The van der Waals surface area contributed by atoms with Gasteiger partial charge < -0.3 is 0 Å². The van der Waals surface area contributed by atoms with Gasteiger partial charge in [-0.05, 0) is 60.2 Å². The fourth-order valence-corrected chi connectivity index (χ4v) is 9.35. The summed E-state index contributed by atoms with van der Waals surface area (Å²) in [5.41, 5.74) is 9.74. The molecule has 1 radical (unpaired) electrons. The van der Waals surface area contributed by atoms with E-state index in [9.17, 15) is 0 Å². The van der Waals surface area contributed by atoms with Crippen LogP contribution in [0, 0.1) is 0 Å². The topological polar surface area (TPSA) is 0 Å². The van der Waals surface area contributed by atoms with Crippen molar-refractivity contribution in [2.24, 2.45) is 0 Å². The van der Waals surface area contributed by atoms with Gasteiger partial charge in [-0.15, -0.1) is 0 Å². The van der Waals surface area contributed by atoms with Crippen LogP contribution in [-0.4, -0.2) is 8.80 Å². The average molecular weight is 456 g/mol. The fraction of sp³-hybridized carbons (Fsp3) is 0.152. The van der Waals surface area contributed by atoms with E-state index in [1.165, 1.54) is 49.4 Å². The van der Waals surface area contributed by atoms with E-state index in [0.717, 1.165) is 0 Å². The van der Waals surface area contributed by atoms with E-state index in [1.54, 1.807) is 0 Å². The molecule has 0 bridgehead atoms. The molecule has 5 rings (SSSR count). The molecule has 0 aromatic heterocycles. The van der Waals surface area contributed by atoms with Crippen molar-refractivity contribution in [1.82, 2.24) is 0 Å². The van der Waals surface area contributed by atoms with Crippen molar-refractivity contribution in [2.75, 3.05) is 0 Å². The largest absolute Gasteiger partial charge is 0.136 e. The maximum Gasteiger partial charge on any atom is 0.136 e. The molecule has 0 aliphatic heterocycles. The van der Waals surface area contributed by atoms with Gasteiger partial charge in [0.2, 0.25) is 0 Å². The van der Waals surface area contributed by atoms with Crippen molar-refractivity contribution in [2.45, 2.75) is 32.7 Å². The second-order valence-corrected chi connectivity index (χ2v) is 12.3. The molecule has 1 unspecified atom stereocenters. The summed E-state index contributed by atoms with van der Waals surface area (Å²) in [6.45, 7) is 9.50. The van der Waals surface area contributed by atoms with Crippen LogP contribution < -0.4 is 10.4 Å². The summed E-state index contributed by atoms with van der Waals surface area (Å²) in [5.74, 6) is 0. The van der Waals surface area contributed by atoms with Gasteiger partial charge in [0.1, 0.15) is 8.80 Å². The molecule has 0 N–H and O–H groups in total. The van der Waals surface area contributed by atoms with Crippen molar-refractivity contribution in [3.8, 4) is 11.1 Å². The summed E-state index contributed by atoms with van der Waals surface area (Å²) in [7, 11) is -1.18. The summed E-state index contributed by atoms with van der Waals surface area (Å²) in [6, 6.07) is 42.3. The Kier molecular flexibility index (Phi) is 5.97. The van der Waals surface area contributed by atoms with Crippen LogP contribution in [0.3, 0.4) is 0 Å². The van der Waals surface area contributed by atoms with Crippen molar-refractivity contribution in [1.29, 1.82) is 0 Å². The standard InChI is InChI=1S/C33H31Si/c1-24-25(2)32(29-18-14-17-28(23-29)27-15-8-5-9-16-27)33(4,26(24)3)34(30-19-10-6-11-20-30)31-21-12-7-13-22-31/h5-23H,1-4H3. The van der Waals surface area contributed by atoms with E-state index in [0.29, 0.717) is 0 Å². The van der Waals surface area contributed by atoms with Crippen LogP contribution in [0.4, 0.5) is 0 Å². The Labute approximate surface area is 205 Å². The molecule has 0 nitrogen and oxygen atoms in total. The lowest BCUT2D eigenvalue weighted by Crippen LogP contribution is -2.51. The summed E-state index contributed by atoms with van der Waals surface area (Å²) in [6.07, 6.45) is 0. The van der Waals surface area contributed by atoms with E-state index < -0.39 is 8.80 Å². The highest BCUT2D eigenvalue weighted by Gasteiger charge is 2.47. The van der Waals surface area contributed by atoms with Crippen LogP contribution in [-0.2, 0) is 0 Å². The van der Waals surface area contributed by atoms with E-state index in [1.807, 2.05) is 0 Å². The first kappa shape index (κ1) is 22.4. The van der Waals surface area contributed by atoms with Gasteiger partial charge >= 0.3 is 0 Å². The predicted octanol–water partition coefficient (Wildman–Crippen LogP) is 7.55. The lowest BCUT2D eigenvalue weighted by atomic mass is 9.89. The van der Waals surface area contributed by atoms with Gasteiger partial charge in [-0.2, -0.15) is 0 Å². The molecule has 0 heterocycles. The second-order valence-electron chi connectivity index (χ2n) is 9.43. The zero-order valence-electron chi connectivity index (χ0n) is 20.5. The van der Waals surface area contributed by atoms with Gasteiger partial charge in [-0.3, -0.25) is 0 Å².